The van der Waals surface area contributed by atoms with Crippen molar-refractivity contribution in [3.8, 4) is 5.75 Å². The molecule has 0 N–H and O–H groups in total. The fraction of sp³-hybridized carbons (Fsp3) is 0.588. The quantitative estimate of drug-likeness (QED) is 0.755. The highest BCUT2D eigenvalue weighted by Gasteiger charge is 2.19. The minimum Gasteiger partial charge on any atom is -0.496 e. The van der Waals surface area contributed by atoms with E-state index in [9.17, 15) is 4.79 Å². The maximum absolute atomic E-state index is 12.4. The zero-order chi connectivity index (χ0) is 15.2. The van der Waals surface area contributed by atoms with Crippen LogP contribution in [0.3, 0.4) is 0 Å². The predicted octanol–water partition coefficient (Wildman–Crippen LogP) is 2.54. The van der Waals surface area contributed by atoms with E-state index in [4.69, 9.17) is 9.47 Å². The number of hydrogen-bond acceptors (Lipinski definition) is 4. The van der Waals surface area contributed by atoms with Crippen LogP contribution in [0.4, 0.5) is 0 Å². The van der Waals surface area contributed by atoms with Gasteiger partial charge in [0.05, 0.1) is 19.2 Å². The van der Waals surface area contributed by atoms with E-state index < -0.39 is 0 Å². The average molecular weight is 291 g/mol. The molecule has 21 heavy (non-hydrogen) atoms. The largest absolute Gasteiger partial charge is 0.496 e. The minimum atomic E-state index is 0.112. The SMILES string of the molecule is COc1cc(C)ccc1C(=O)CN(C)CC1CCOCC1. The highest BCUT2D eigenvalue weighted by Crippen LogP contribution is 2.21. The molecule has 1 saturated heterocycles. The molecule has 1 aliphatic rings. The monoisotopic (exact) mass is 291 g/mol. The number of likely N-dealkylation sites (N-methyl/N-ethyl adjacent to an activating group) is 1. The van der Waals surface area contributed by atoms with E-state index in [0.717, 1.165) is 38.2 Å². The highest BCUT2D eigenvalue weighted by molar-refractivity contribution is 6.00. The Balaban J connectivity index is 1.94. The molecule has 1 heterocycles. The number of nitrogens with zero attached hydrogens (tertiary/aromatic N) is 1. The molecule has 0 radical (unpaired) electrons. The second kappa shape index (κ2) is 7.57. The zero-order valence-corrected chi connectivity index (χ0v) is 13.2. The summed E-state index contributed by atoms with van der Waals surface area (Å²) in [5.74, 6) is 1.41. The molecule has 4 heteroatoms. The van der Waals surface area contributed by atoms with Gasteiger partial charge in [-0.25, -0.2) is 0 Å². The van der Waals surface area contributed by atoms with Gasteiger partial charge in [-0.05, 0) is 50.4 Å². The van der Waals surface area contributed by atoms with Crippen molar-refractivity contribution in [3.05, 3.63) is 29.3 Å². The van der Waals surface area contributed by atoms with Gasteiger partial charge in [0.25, 0.3) is 0 Å². The van der Waals surface area contributed by atoms with Crippen LogP contribution in [0.2, 0.25) is 0 Å². The van der Waals surface area contributed by atoms with E-state index in [2.05, 4.69) is 4.90 Å². The molecule has 0 aliphatic carbocycles. The standard InChI is InChI=1S/C17H25NO3/c1-13-4-5-15(17(10-13)20-3)16(19)12-18(2)11-14-6-8-21-9-7-14/h4-5,10,14H,6-9,11-12H2,1-3H3. The van der Waals surface area contributed by atoms with Crippen molar-refractivity contribution < 1.29 is 14.3 Å². The number of hydrogen-bond donors (Lipinski definition) is 0. The molecule has 1 aromatic rings. The first-order chi connectivity index (χ1) is 10.1. The van der Waals surface area contributed by atoms with Gasteiger partial charge < -0.3 is 9.47 Å². The Bertz CT molecular complexity index is 481. The Kier molecular flexibility index (Phi) is 5.76. The van der Waals surface area contributed by atoms with E-state index in [-0.39, 0.29) is 5.78 Å². The molecule has 2 rings (SSSR count). The normalized spacial score (nSPS) is 16.2. The molecule has 0 atom stereocenters. The highest BCUT2D eigenvalue weighted by atomic mass is 16.5. The summed E-state index contributed by atoms with van der Waals surface area (Å²) < 4.78 is 10.7. The van der Waals surface area contributed by atoms with Crippen LogP contribution in [0, 0.1) is 12.8 Å². The number of ketones is 1. The number of benzene rings is 1. The van der Waals surface area contributed by atoms with Crippen LogP contribution in [0.25, 0.3) is 0 Å². The number of ether oxygens (including phenoxy) is 2. The van der Waals surface area contributed by atoms with E-state index in [1.807, 2.05) is 32.2 Å². The molecule has 0 bridgehead atoms. The first-order valence-corrected chi connectivity index (χ1v) is 7.54. The molecular weight excluding hydrogens is 266 g/mol. The fourth-order valence-corrected chi connectivity index (χ4v) is 2.79. The van der Waals surface area contributed by atoms with Crippen LogP contribution in [-0.4, -0.2) is 51.1 Å². The van der Waals surface area contributed by atoms with Gasteiger partial charge in [-0.1, -0.05) is 6.07 Å². The summed E-state index contributed by atoms with van der Waals surface area (Å²) in [7, 11) is 3.62. The second-order valence-corrected chi connectivity index (χ2v) is 5.88. The smallest absolute Gasteiger partial charge is 0.180 e. The van der Waals surface area contributed by atoms with Gasteiger partial charge in [0.15, 0.2) is 5.78 Å². The molecule has 0 aromatic heterocycles. The molecule has 0 amide bonds. The Morgan fingerprint density at radius 3 is 2.76 bits per heavy atom. The molecule has 0 saturated carbocycles. The minimum absolute atomic E-state index is 0.112. The van der Waals surface area contributed by atoms with Crippen LogP contribution in [0.1, 0.15) is 28.8 Å². The topological polar surface area (TPSA) is 38.8 Å². The maximum Gasteiger partial charge on any atom is 0.180 e. The number of Topliss-reactive ketones (excluding diaryl/α,β-unsaturated/α-hetero) is 1. The van der Waals surface area contributed by atoms with Crippen LogP contribution in [0.5, 0.6) is 5.75 Å². The summed E-state index contributed by atoms with van der Waals surface area (Å²) in [4.78, 5) is 14.6. The molecule has 1 aliphatic heterocycles. The lowest BCUT2D eigenvalue weighted by Crippen LogP contribution is -2.33. The van der Waals surface area contributed by atoms with Gasteiger partial charge in [-0.15, -0.1) is 0 Å². The van der Waals surface area contributed by atoms with E-state index >= 15 is 0 Å². The summed E-state index contributed by atoms with van der Waals surface area (Å²) in [6, 6.07) is 5.72. The van der Waals surface area contributed by atoms with Crippen molar-refractivity contribution >= 4 is 5.78 Å². The summed E-state index contributed by atoms with van der Waals surface area (Å²) in [5, 5.41) is 0. The van der Waals surface area contributed by atoms with Gasteiger partial charge in [-0.3, -0.25) is 9.69 Å². The molecule has 116 valence electrons. The molecule has 1 aromatic carbocycles. The van der Waals surface area contributed by atoms with Gasteiger partial charge >= 0.3 is 0 Å². The third-order valence-corrected chi connectivity index (χ3v) is 3.98. The maximum atomic E-state index is 12.4. The van der Waals surface area contributed by atoms with E-state index in [0.29, 0.717) is 23.8 Å². The Hall–Kier alpha value is -1.39. The summed E-state index contributed by atoms with van der Waals surface area (Å²) in [5.41, 5.74) is 1.76. The zero-order valence-electron chi connectivity index (χ0n) is 13.2. The lowest BCUT2D eigenvalue weighted by molar-refractivity contribution is 0.0549. The summed E-state index contributed by atoms with van der Waals surface area (Å²) >= 11 is 0. The fourth-order valence-electron chi connectivity index (χ4n) is 2.79. The first-order valence-electron chi connectivity index (χ1n) is 7.54. The number of rotatable bonds is 6. The van der Waals surface area contributed by atoms with Crippen molar-refractivity contribution in [2.45, 2.75) is 19.8 Å². The van der Waals surface area contributed by atoms with Crippen LogP contribution in [-0.2, 0) is 4.74 Å². The number of methoxy groups -OCH3 is 1. The molecule has 0 spiro atoms. The van der Waals surface area contributed by atoms with Gasteiger partial charge in [0.1, 0.15) is 5.75 Å². The first kappa shape index (κ1) is 16.0. The molecule has 0 unspecified atom stereocenters. The lowest BCUT2D eigenvalue weighted by Gasteiger charge is -2.26. The van der Waals surface area contributed by atoms with E-state index in [1.54, 1.807) is 7.11 Å². The van der Waals surface area contributed by atoms with Crippen LogP contribution < -0.4 is 4.74 Å². The molecule has 1 fully saturated rings. The van der Waals surface area contributed by atoms with Crippen molar-refractivity contribution in [1.29, 1.82) is 0 Å². The van der Waals surface area contributed by atoms with Crippen molar-refractivity contribution in [2.24, 2.45) is 5.92 Å². The predicted molar refractivity (Wildman–Crippen MR) is 83.1 cm³/mol. The van der Waals surface area contributed by atoms with Gasteiger partial charge in [-0.2, -0.15) is 0 Å². The van der Waals surface area contributed by atoms with Crippen LogP contribution >= 0.6 is 0 Å². The van der Waals surface area contributed by atoms with E-state index in [1.165, 1.54) is 0 Å². The Labute approximate surface area is 127 Å². The average Bonchev–Trinajstić information content (AvgIpc) is 2.47. The Morgan fingerprint density at radius 1 is 1.38 bits per heavy atom. The third kappa shape index (κ3) is 4.55. The number of carbonyl (C=O) groups excluding carboxylic acids is 1. The Morgan fingerprint density at radius 2 is 2.10 bits per heavy atom. The third-order valence-electron chi connectivity index (χ3n) is 3.98. The summed E-state index contributed by atoms with van der Waals surface area (Å²) in [6.45, 7) is 5.06. The second-order valence-electron chi connectivity index (χ2n) is 5.88. The van der Waals surface area contributed by atoms with Crippen molar-refractivity contribution in [3.63, 3.8) is 0 Å². The van der Waals surface area contributed by atoms with Crippen LogP contribution in [0.15, 0.2) is 18.2 Å². The van der Waals surface area contributed by atoms with Gasteiger partial charge in [0.2, 0.25) is 0 Å². The molecular formula is C17H25NO3. The van der Waals surface area contributed by atoms with Crippen molar-refractivity contribution in [1.82, 2.24) is 4.90 Å². The molecule has 4 nitrogen and oxygen atoms in total. The lowest BCUT2D eigenvalue weighted by atomic mass is 9.99. The van der Waals surface area contributed by atoms with Crippen molar-refractivity contribution in [2.75, 3.05) is 40.5 Å². The summed E-state index contributed by atoms with van der Waals surface area (Å²) in [6.07, 6.45) is 2.18. The number of aryl methyl sites for hydroxylation is 1. The number of carbonyl (C=O) groups is 1. The van der Waals surface area contributed by atoms with Gasteiger partial charge in [0, 0.05) is 19.8 Å².